The molecule has 0 saturated carbocycles. The van der Waals surface area contributed by atoms with Gasteiger partial charge in [-0.2, -0.15) is 0 Å². The molecule has 1 aromatic carbocycles. The highest BCUT2D eigenvalue weighted by atomic mass is 19.1. The molecule has 0 unspecified atom stereocenters. The Labute approximate surface area is 89.5 Å². The summed E-state index contributed by atoms with van der Waals surface area (Å²) in [5.74, 6) is -0.123. The fraction of sp³-hybridized carbons (Fsp3) is 0.385. The van der Waals surface area contributed by atoms with Gasteiger partial charge in [-0.25, -0.2) is 4.39 Å². The Balaban J connectivity index is 2.25. The average Bonchev–Trinajstić information content (AvgIpc) is 2.64. The summed E-state index contributed by atoms with van der Waals surface area (Å²) >= 11 is 0. The first-order valence-corrected chi connectivity index (χ1v) is 5.56. The molecule has 0 N–H and O–H groups in total. The van der Waals surface area contributed by atoms with Crippen molar-refractivity contribution in [1.29, 1.82) is 0 Å². The van der Waals surface area contributed by atoms with Gasteiger partial charge >= 0.3 is 0 Å². The number of hydrogen-bond acceptors (Lipinski definition) is 0. The summed E-state index contributed by atoms with van der Waals surface area (Å²) in [5.41, 5.74) is 1.01. The van der Waals surface area contributed by atoms with Gasteiger partial charge in [-0.1, -0.05) is 25.8 Å². The summed E-state index contributed by atoms with van der Waals surface area (Å²) in [4.78, 5) is 0. The third-order valence-electron chi connectivity index (χ3n) is 2.76. The molecule has 2 rings (SSSR count). The summed E-state index contributed by atoms with van der Waals surface area (Å²) in [6.07, 6.45) is 5.59. The molecule has 1 heterocycles. The number of aryl methyl sites for hydroxylation is 1. The van der Waals surface area contributed by atoms with E-state index in [1.165, 1.54) is 18.9 Å². The van der Waals surface area contributed by atoms with E-state index in [1.807, 2.05) is 18.3 Å². The highest BCUT2D eigenvalue weighted by molar-refractivity contribution is 5.80. The van der Waals surface area contributed by atoms with Gasteiger partial charge in [0.2, 0.25) is 0 Å². The summed E-state index contributed by atoms with van der Waals surface area (Å²) in [6.45, 7) is 3.17. The van der Waals surface area contributed by atoms with Gasteiger partial charge in [0.1, 0.15) is 5.82 Å². The van der Waals surface area contributed by atoms with E-state index in [2.05, 4.69) is 11.5 Å². The van der Waals surface area contributed by atoms with Crippen molar-refractivity contribution in [1.82, 2.24) is 4.57 Å². The van der Waals surface area contributed by atoms with Gasteiger partial charge in [0.05, 0.1) is 5.52 Å². The molecule has 2 aromatic rings. The molecule has 0 bridgehead atoms. The molecule has 0 aliphatic rings. The van der Waals surface area contributed by atoms with E-state index in [0.29, 0.717) is 0 Å². The lowest BCUT2D eigenvalue weighted by Gasteiger charge is -2.04. The van der Waals surface area contributed by atoms with E-state index in [-0.39, 0.29) is 5.82 Å². The molecule has 1 aromatic heterocycles. The van der Waals surface area contributed by atoms with Crippen molar-refractivity contribution in [3.8, 4) is 0 Å². The van der Waals surface area contributed by atoms with Crippen LogP contribution in [0.25, 0.3) is 10.9 Å². The lowest BCUT2D eigenvalue weighted by Crippen LogP contribution is -1.95. The fourth-order valence-corrected chi connectivity index (χ4v) is 1.91. The first kappa shape index (κ1) is 10.2. The standard InChI is InChI=1S/C13H16FN/c1-2-3-4-9-15-10-8-11-12(14)6-5-7-13(11)15/h5-8,10H,2-4,9H2,1H3. The first-order chi connectivity index (χ1) is 7.33. The maximum absolute atomic E-state index is 13.4. The predicted octanol–water partition coefficient (Wildman–Crippen LogP) is 3.97. The van der Waals surface area contributed by atoms with E-state index in [1.54, 1.807) is 6.07 Å². The zero-order valence-corrected chi connectivity index (χ0v) is 9.04. The molecule has 1 nitrogen and oxygen atoms in total. The molecule has 0 aliphatic heterocycles. The summed E-state index contributed by atoms with van der Waals surface area (Å²) in [6, 6.07) is 7.12. The van der Waals surface area contributed by atoms with Gasteiger partial charge < -0.3 is 4.57 Å². The van der Waals surface area contributed by atoms with Crippen LogP contribution in [0, 0.1) is 5.82 Å². The van der Waals surface area contributed by atoms with Crippen molar-refractivity contribution in [3.05, 3.63) is 36.3 Å². The smallest absolute Gasteiger partial charge is 0.132 e. The van der Waals surface area contributed by atoms with Gasteiger partial charge in [-0.05, 0) is 24.6 Å². The third kappa shape index (κ3) is 2.04. The van der Waals surface area contributed by atoms with E-state index >= 15 is 0 Å². The van der Waals surface area contributed by atoms with Gasteiger partial charge in [-0.3, -0.25) is 0 Å². The van der Waals surface area contributed by atoms with Crippen LogP contribution in [-0.4, -0.2) is 4.57 Å². The average molecular weight is 205 g/mol. The second-order valence-electron chi connectivity index (χ2n) is 3.89. The van der Waals surface area contributed by atoms with Crippen molar-refractivity contribution in [3.63, 3.8) is 0 Å². The van der Waals surface area contributed by atoms with Crippen LogP contribution < -0.4 is 0 Å². The molecule has 0 atom stereocenters. The zero-order valence-electron chi connectivity index (χ0n) is 9.04. The molecule has 0 spiro atoms. The number of nitrogens with zero attached hydrogens (tertiary/aromatic N) is 1. The SMILES string of the molecule is CCCCCn1ccc2c(F)cccc21. The van der Waals surface area contributed by atoms with Gasteiger partial charge in [0.25, 0.3) is 0 Å². The Hall–Kier alpha value is -1.31. The molecule has 2 heteroatoms. The molecule has 80 valence electrons. The van der Waals surface area contributed by atoms with Crippen LogP contribution in [0.2, 0.25) is 0 Å². The Bertz CT molecular complexity index is 445. The minimum atomic E-state index is -0.123. The quantitative estimate of drug-likeness (QED) is 0.665. The second-order valence-corrected chi connectivity index (χ2v) is 3.89. The number of fused-ring (bicyclic) bond motifs is 1. The fourth-order valence-electron chi connectivity index (χ4n) is 1.91. The third-order valence-corrected chi connectivity index (χ3v) is 2.76. The van der Waals surface area contributed by atoms with Crippen LogP contribution >= 0.6 is 0 Å². The first-order valence-electron chi connectivity index (χ1n) is 5.56. The van der Waals surface area contributed by atoms with Crippen molar-refractivity contribution in [2.45, 2.75) is 32.7 Å². The lowest BCUT2D eigenvalue weighted by atomic mass is 10.2. The van der Waals surface area contributed by atoms with Crippen LogP contribution in [0.5, 0.6) is 0 Å². The highest BCUT2D eigenvalue weighted by Gasteiger charge is 2.03. The molecule has 0 radical (unpaired) electrons. The number of benzene rings is 1. The minimum absolute atomic E-state index is 0.123. The van der Waals surface area contributed by atoms with Crippen molar-refractivity contribution in [2.24, 2.45) is 0 Å². The minimum Gasteiger partial charge on any atom is -0.347 e. The van der Waals surface area contributed by atoms with E-state index in [0.717, 1.165) is 23.9 Å². The normalized spacial score (nSPS) is 11.1. The monoisotopic (exact) mass is 205 g/mol. The molecule has 0 saturated heterocycles. The molecular weight excluding hydrogens is 189 g/mol. The van der Waals surface area contributed by atoms with Crippen LogP contribution in [0.3, 0.4) is 0 Å². The van der Waals surface area contributed by atoms with Crippen LogP contribution in [-0.2, 0) is 6.54 Å². The summed E-state index contributed by atoms with van der Waals surface area (Å²) in [5, 5.41) is 0.731. The number of aromatic nitrogens is 1. The molecule has 15 heavy (non-hydrogen) atoms. The van der Waals surface area contributed by atoms with Gasteiger partial charge in [0, 0.05) is 18.1 Å². The van der Waals surface area contributed by atoms with Crippen molar-refractivity contribution in [2.75, 3.05) is 0 Å². The largest absolute Gasteiger partial charge is 0.347 e. The highest BCUT2D eigenvalue weighted by Crippen LogP contribution is 2.19. The predicted molar refractivity (Wildman–Crippen MR) is 61.4 cm³/mol. The number of rotatable bonds is 4. The number of unbranched alkanes of at least 4 members (excludes halogenated alkanes) is 2. The van der Waals surface area contributed by atoms with E-state index in [4.69, 9.17) is 0 Å². The zero-order chi connectivity index (χ0) is 10.7. The Morgan fingerprint density at radius 1 is 1.20 bits per heavy atom. The maximum Gasteiger partial charge on any atom is 0.132 e. The Morgan fingerprint density at radius 3 is 2.87 bits per heavy atom. The lowest BCUT2D eigenvalue weighted by molar-refractivity contribution is 0.615. The molecule has 0 fully saturated rings. The van der Waals surface area contributed by atoms with E-state index < -0.39 is 0 Å². The van der Waals surface area contributed by atoms with Crippen LogP contribution in [0.1, 0.15) is 26.2 Å². The topological polar surface area (TPSA) is 4.93 Å². The van der Waals surface area contributed by atoms with E-state index in [9.17, 15) is 4.39 Å². The molecule has 0 amide bonds. The second kappa shape index (κ2) is 4.47. The Kier molecular flexibility index (Phi) is 3.05. The van der Waals surface area contributed by atoms with Crippen molar-refractivity contribution < 1.29 is 4.39 Å². The van der Waals surface area contributed by atoms with Crippen LogP contribution in [0.4, 0.5) is 4.39 Å². The van der Waals surface area contributed by atoms with Gasteiger partial charge in [-0.15, -0.1) is 0 Å². The molecule has 0 aliphatic carbocycles. The Morgan fingerprint density at radius 2 is 2.07 bits per heavy atom. The van der Waals surface area contributed by atoms with Crippen molar-refractivity contribution >= 4 is 10.9 Å². The number of hydrogen-bond donors (Lipinski definition) is 0. The number of halogens is 1. The van der Waals surface area contributed by atoms with Crippen LogP contribution in [0.15, 0.2) is 30.5 Å². The maximum atomic E-state index is 13.4. The van der Waals surface area contributed by atoms with Gasteiger partial charge in [0.15, 0.2) is 0 Å². The summed E-state index contributed by atoms with van der Waals surface area (Å²) < 4.78 is 15.5. The summed E-state index contributed by atoms with van der Waals surface area (Å²) in [7, 11) is 0. The molecular formula is C13H16FN.